The number of hydrogen-bond donors (Lipinski definition) is 2. The number of anilines is 1. The lowest BCUT2D eigenvalue weighted by Gasteiger charge is -2.26. The Balaban J connectivity index is 2.13. The zero-order chi connectivity index (χ0) is 19.8. The second-order valence-electron chi connectivity index (χ2n) is 6.83. The van der Waals surface area contributed by atoms with Gasteiger partial charge in [0.15, 0.2) is 0 Å². The van der Waals surface area contributed by atoms with Gasteiger partial charge in [-0.1, -0.05) is 0 Å². The topological polar surface area (TPSA) is 109 Å². The Kier molecular flexibility index (Phi) is 4.54. The van der Waals surface area contributed by atoms with E-state index in [1.54, 1.807) is 36.0 Å². The van der Waals surface area contributed by atoms with E-state index in [0.717, 1.165) is 11.1 Å². The van der Waals surface area contributed by atoms with Gasteiger partial charge in [0, 0.05) is 23.5 Å². The number of nitrogens with one attached hydrogen (secondary N) is 1. The summed E-state index contributed by atoms with van der Waals surface area (Å²) in [7, 11) is 0. The summed E-state index contributed by atoms with van der Waals surface area (Å²) in [5.41, 5.74) is 7.04. The third kappa shape index (κ3) is 3.58. The number of carbonyl (C=O) groups excluding carboxylic acids is 1. The number of fused-ring (bicyclic) bond motifs is 1. The van der Waals surface area contributed by atoms with Gasteiger partial charge in [-0.3, -0.25) is 4.79 Å². The van der Waals surface area contributed by atoms with Crippen molar-refractivity contribution < 1.29 is 9.18 Å². The van der Waals surface area contributed by atoms with Crippen LogP contribution < -0.4 is 11.1 Å². The maximum absolute atomic E-state index is 14.3. The van der Waals surface area contributed by atoms with Gasteiger partial charge in [0.2, 0.25) is 0 Å². The molecule has 0 aliphatic rings. The molecule has 0 aromatic carbocycles. The number of carbonyl (C=O) groups is 1. The predicted molar refractivity (Wildman–Crippen MR) is 99.9 cm³/mol. The van der Waals surface area contributed by atoms with Gasteiger partial charge < -0.3 is 11.1 Å². The monoisotopic (exact) mass is 366 g/mol. The van der Waals surface area contributed by atoms with E-state index in [2.05, 4.69) is 15.4 Å². The van der Waals surface area contributed by atoms with Gasteiger partial charge in [-0.05, 0) is 39.0 Å². The minimum atomic E-state index is -1.51. The SMILES string of the molecule is C[C@@H](Nc1c(C(N)=O)cnn2cc(-c3ccc(C#N)nc3)cc12)C(C)(C)F. The molecule has 0 saturated heterocycles. The number of rotatable bonds is 5. The molecule has 138 valence electrons. The number of aromatic nitrogens is 3. The average Bonchev–Trinajstić information content (AvgIpc) is 3.05. The first-order valence-electron chi connectivity index (χ1n) is 8.34. The van der Waals surface area contributed by atoms with E-state index in [4.69, 9.17) is 11.0 Å². The molecule has 27 heavy (non-hydrogen) atoms. The van der Waals surface area contributed by atoms with Gasteiger partial charge in [0.1, 0.15) is 17.4 Å². The highest BCUT2D eigenvalue weighted by Crippen LogP contribution is 2.30. The van der Waals surface area contributed by atoms with Crippen LogP contribution in [0.1, 0.15) is 36.8 Å². The van der Waals surface area contributed by atoms with Gasteiger partial charge in [0.05, 0.1) is 29.0 Å². The van der Waals surface area contributed by atoms with Crippen LogP contribution in [0.5, 0.6) is 0 Å². The van der Waals surface area contributed by atoms with E-state index >= 15 is 0 Å². The van der Waals surface area contributed by atoms with Gasteiger partial charge in [0.25, 0.3) is 5.91 Å². The highest BCUT2D eigenvalue weighted by molar-refractivity contribution is 6.02. The summed E-state index contributed by atoms with van der Waals surface area (Å²) in [5, 5.41) is 16.2. The summed E-state index contributed by atoms with van der Waals surface area (Å²) < 4.78 is 15.9. The lowest BCUT2D eigenvalue weighted by Crippen LogP contribution is -2.36. The number of nitrogens with two attached hydrogens (primary N) is 1. The molecule has 1 atom stereocenters. The summed E-state index contributed by atoms with van der Waals surface area (Å²) in [4.78, 5) is 15.9. The van der Waals surface area contributed by atoms with Crippen molar-refractivity contribution in [3.63, 3.8) is 0 Å². The van der Waals surface area contributed by atoms with Gasteiger partial charge in [-0.25, -0.2) is 13.9 Å². The second-order valence-corrected chi connectivity index (χ2v) is 6.83. The van der Waals surface area contributed by atoms with Crippen LogP contribution in [0, 0.1) is 11.3 Å². The minimum absolute atomic E-state index is 0.182. The summed E-state index contributed by atoms with van der Waals surface area (Å²) in [6.45, 7) is 4.61. The molecule has 0 radical (unpaired) electrons. The van der Waals surface area contributed by atoms with Crippen molar-refractivity contribution in [1.29, 1.82) is 5.26 Å². The van der Waals surface area contributed by atoms with E-state index in [0.29, 0.717) is 16.9 Å². The molecule has 8 heteroatoms. The smallest absolute Gasteiger partial charge is 0.252 e. The first-order chi connectivity index (χ1) is 12.7. The van der Waals surface area contributed by atoms with Crippen LogP contribution in [0.3, 0.4) is 0 Å². The second kappa shape index (κ2) is 6.68. The Labute approximate surface area is 155 Å². The zero-order valence-corrected chi connectivity index (χ0v) is 15.2. The lowest BCUT2D eigenvalue weighted by molar-refractivity contribution is 0.1000. The largest absolute Gasteiger partial charge is 0.377 e. The number of amides is 1. The van der Waals surface area contributed by atoms with Gasteiger partial charge in [-0.15, -0.1) is 0 Å². The van der Waals surface area contributed by atoms with E-state index < -0.39 is 17.6 Å². The number of nitrogens with zero attached hydrogens (tertiary/aromatic N) is 4. The quantitative estimate of drug-likeness (QED) is 0.721. The maximum Gasteiger partial charge on any atom is 0.252 e. The van der Waals surface area contributed by atoms with E-state index in [1.165, 1.54) is 20.0 Å². The molecule has 3 rings (SSSR count). The van der Waals surface area contributed by atoms with E-state index in [9.17, 15) is 9.18 Å². The molecule has 1 amide bonds. The first kappa shape index (κ1) is 18.3. The summed E-state index contributed by atoms with van der Waals surface area (Å²) in [6.07, 6.45) is 4.71. The van der Waals surface area contributed by atoms with Crippen LogP contribution in [0.15, 0.2) is 36.8 Å². The lowest BCUT2D eigenvalue weighted by atomic mass is 10.0. The number of pyridine rings is 1. The van der Waals surface area contributed by atoms with Crippen molar-refractivity contribution in [1.82, 2.24) is 14.6 Å². The third-order valence-corrected chi connectivity index (χ3v) is 4.50. The molecule has 0 unspecified atom stereocenters. The molecule has 0 spiro atoms. The molecular formula is C19H19FN6O. The van der Waals surface area contributed by atoms with Crippen LogP contribution in [-0.2, 0) is 0 Å². The average molecular weight is 366 g/mol. The number of hydrogen-bond acceptors (Lipinski definition) is 5. The molecule has 0 aliphatic carbocycles. The number of nitriles is 1. The fraction of sp³-hybridized carbons (Fsp3) is 0.263. The van der Waals surface area contributed by atoms with Crippen LogP contribution >= 0.6 is 0 Å². The van der Waals surface area contributed by atoms with Crippen molar-refractivity contribution in [2.45, 2.75) is 32.5 Å². The Morgan fingerprint density at radius 1 is 1.37 bits per heavy atom. The van der Waals surface area contributed by atoms with Crippen LogP contribution in [0.4, 0.5) is 10.1 Å². The minimum Gasteiger partial charge on any atom is -0.377 e. The van der Waals surface area contributed by atoms with Crippen LogP contribution in [0.2, 0.25) is 0 Å². The molecule has 3 heterocycles. The van der Waals surface area contributed by atoms with E-state index in [-0.39, 0.29) is 5.56 Å². The van der Waals surface area contributed by atoms with Crippen molar-refractivity contribution in [2.75, 3.05) is 5.32 Å². The Bertz CT molecular complexity index is 1040. The molecule has 3 N–H and O–H groups in total. The van der Waals surface area contributed by atoms with Crippen molar-refractivity contribution in [3.8, 4) is 17.2 Å². The number of halogens is 1. The Morgan fingerprint density at radius 3 is 2.67 bits per heavy atom. The number of alkyl halides is 1. The predicted octanol–water partition coefficient (Wildman–Crippen LogP) is 2.92. The van der Waals surface area contributed by atoms with Crippen molar-refractivity contribution in [3.05, 3.63) is 48.0 Å². The van der Waals surface area contributed by atoms with Crippen molar-refractivity contribution >= 4 is 17.1 Å². The fourth-order valence-corrected chi connectivity index (χ4v) is 2.57. The van der Waals surface area contributed by atoms with Crippen molar-refractivity contribution in [2.24, 2.45) is 5.73 Å². The first-order valence-corrected chi connectivity index (χ1v) is 8.34. The van der Waals surface area contributed by atoms with Gasteiger partial charge >= 0.3 is 0 Å². The molecule has 0 fully saturated rings. The summed E-state index contributed by atoms with van der Waals surface area (Å²) in [5.74, 6) is -0.654. The fourth-order valence-electron chi connectivity index (χ4n) is 2.57. The van der Waals surface area contributed by atoms with Gasteiger partial charge in [-0.2, -0.15) is 10.4 Å². The van der Waals surface area contributed by atoms with Crippen LogP contribution in [0.25, 0.3) is 16.6 Å². The third-order valence-electron chi connectivity index (χ3n) is 4.50. The molecule has 3 aromatic heterocycles. The highest BCUT2D eigenvalue weighted by atomic mass is 19.1. The zero-order valence-electron chi connectivity index (χ0n) is 15.2. The molecule has 0 aliphatic heterocycles. The number of primary amides is 1. The standard InChI is InChI=1S/C19H19FN6O/c1-11(19(2,3)20)25-17-15(18(22)27)9-24-26-10-13(6-16(17)26)12-4-5-14(7-21)23-8-12/h4-6,8-11,25H,1-3H3,(H2,22,27)/t11-/m1/s1. The Hall–Kier alpha value is -3.47. The molecule has 0 bridgehead atoms. The molecule has 7 nitrogen and oxygen atoms in total. The maximum atomic E-state index is 14.3. The highest BCUT2D eigenvalue weighted by Gasteiger charge is 2.27. The molecule has 0 saturated carbocycles. The Morgan fingerprint density at radius 2 is 2.11 bits per heavy atom. The molecular weight excluding hydrogens is 347 g/mol. The summed E-state index contributed by atoms with van der Waals surface area (Å²) in [6, 6.07) is 6.60. The summed E-state index contributed by atoms with van der Waals surface area (Å²) >= 11 is 0. The normalized spacial score (nSPS) is 12.6. The van der Waals surface area contributed by atoms with Crippen LogP contribution in [-0.4, -0.2) is 32.2 Å². The van der Waals surface area contributed by atoms with E-state index in [1.807, 2.05) is 12.1 Å². The molecule has 3 aromatic rings.